The van der Waals surface area contributed by atoms with Crippen LogP contribution in [0.25, 0.3) is 0 Å². The molecule has 0 radical (unpaired) electrons. The fourth-order valence-electron chi connectivity index (χ4n) is 1.75. The number of carbonyl (C=O) groups is 1. The van der Waals surface area contributed by atoms with Crippen molar-refractivity contribution in [3.63, 3.8) is 0 Å². The Morgan fingerprint density at radius 2 is 1.85 bits per heavy atom. The summed E-state index contributed by atoms with van der Waals surface area (Å²) in [5.41, 5.74) is 0.825. The molecule has 0 spiro atoms. The average Bonchev–Trinajstić information content (AvgIpc) is 2.86. The third kappa shape index (κ3) is 1.22. The fourth-order valence-corrected chi connectivity index (χ4v) is 1.75. The lowest BCUT2D eigenvalue weighted by Crippen LogP contribution is -2.16. The molecule has 0 amide bonds. The maximum Gasteiger partial charge on any atom is 0.140 e. The first-order valence-electron chi connectivity index (χ1n) is 4.46. The Bertz CT molecular complexity index is 334. The van der Waals surface area contributed by atoms with Gasteiger partial charge in [-0.25, -0.2) is 0 Å². The molecule has 1 saturated carbocycles. The van der Waals surface area contributed by atoms with E-state index in [1.165, 1.54) is 0 Å². The van der Waals surface area contributed by atoms with Crippen molar-refractivity contribution in [1.82, 2.24) is 0 Å². The van der Waals surface area contributed by atoms with E-state index in [0.29, 0.717) is 0 Å². The van der Waals surface area contributed by atoms with Crippen molar-refractivity contribution in [2.75, 3.05) is 0 Å². The maximum absolute atomic E-state index is 11.4. The first-order chi connectivity index (χ1) is 6.15. The highest BCUT2D eigenvalue weighted by molar-refractivity contribution is 5.91. The first kappa shape index (κ1) is 8.30. The van der Waals surface area contributed by atoms with Crippen molar-refractivity contribution in [2.45, 2.75) is 25.2 Å². The zero-order valence-electron chi connectivity index (χ0n) is 7.58. The van der Waals surface area contributed by atoms with E-state index in [1.54, 1.807) is 19.1 Å². The molecule has 68 valence electrons. The number of rotatable bonds is 2. The van der Waals surface area contributed by atoms with Crippen LogP contribution in [0.2, 0.25) is 0 Å². The van der Waals surface area contributed by atoms with Crippen LogP contribution in [0.1, 0.15) is 25.3 Å². The molecular weight excluding hydrogens is 164 g/mol. The minimum atomic E-state index is -0.215. The number of phenols is 1. The van der Waals surface area contributed by atoms with Gasteiger partial charge < -0.3 is 5.11 Å². The molecule has 13 heavy (non-hydrogen) atoms. The van der Waals surface area contributed by atoms with Crippen molar-refractivity contribution < 1.29 is 9.90 Å². The van der Waals surface area contributed by atoms with Crippen LogP contribution in [0.15, 0.2) is 24.3 Å². The molecule has 0 aromatic heterocycles. The molecule has 1 aliphatic rings. The van der Waals surface area contributed by atoms with E-state index in [9.17, 15) is 4.79 Å². The number of aromatic hydroxyl groups is 1. The van der Waals surface area contributed by atoms with Crippen molar-refractivity contribution >= 4 is 5.78 Å². The Labute approximate surface area is 77.2 Å². The summed E-state index contributed by atoms with van der Waals surface area (Å²) >= 11 is 0. The second kappa shape index (κ2) is 2.59. The lowest BCUT2D eigenvalue weighted by atomic mass is 9.92. The Hall–Kier alpha value is -1.31. The highest BCUT2D eigenvalue weighted by atomic mass is 16.3. The quantitative estimate of drug-likeness (QED) is 0.748. The van der Waals surface area contributed by atoms with Crippen LogP contribution in [0.3, 0.4) is 0 Å². The molecular formula is C11H12O2. The Morgan fingerprint density at radius 3 is 2.23 bits per heavy atom. The third-order valence-corrected chi connectivity index (χ3v) is 2.84. The van der Waals surface area contributed by atoms with Crippen molar-refractivity contribution in [1.29, 1.82) is 0 Å². The lowest BCUT2D eigenvalue weighted by molar-refractivity contribution is -0.119. The van der Waals surface area contributed by atoms with E-state index in [0.717, 1.165) is 18.4 Å². The first-order valence-corrected chi connectivity index (χ1v) is 4.46. The van der Waals surface area contributed by atoms with E-state index in [-0.39, 0.29) is 16.9 Å². The van der Waals surface area contributed by atoms with Gasteiger partial charge in [-0.05, 0) is 37.5 Å². The Balaban J connectivity index is 2.36. The Morgan fingerprint density at radius 1 is 1.31 bits per heavy atom. The lowest BCUT2D eigenvalue weighted by Gasteiger charge is -2.10. The van der Waals surface area contributed by atoms with Crippen LogP contribution in [-0.2, 0) is 10.2 Å². The molecule has 1 fully saturated rings. The largest absolute Gasteiger partial charge is 0.508 e. The summed E-state index contributed by atoms with van der Waals surface area (Å²) in [6.45, 7) is 1.64. The van der Waals surface area contributed by atoms with Gasteiger partial charge >= 0.3 is 0 Å². The standard InChI is InChI=1S/C11H12O2/c1-8(12)11(6-7-11)9-2-4-10(13)5-3-9/h2-5,13H,6-7H2,1H3. The predicted molar refractivity (Wildman–Crippen MR) is 49.7 cm³/mol. The SMILES string of the molecule is CC(=O)C1(c2ccc(O)cc2)CC1. The van der Waals surface area contributed by atoms with Gasteiger partial charge in [-0.3, -0.25) is 4.79 Å². The number of benzene rings is 1. The minimum Gasteiger partial charge on any atom is -0.508 e. The summed E-state index contributed by atoms with van der Waals surface area (Å²) in [6.07, 6.45) is 1.90. The highest BCUT2D eigenvalue weighted by Crippen LogP contribution is 2.48. The number of ketones is 1. The molecule has 0 bridgehead atoms. The molecule has 1 N–H and O–H groups in total. The summed E-state index contributed by atoms with van der Waals surface area (Å²) in [4.78, 5) is 11.4. The molecule has 1 aliphatic carbocycles. The minimum absolute atomic E-state index is 0.215. The van der Waals surface area contributed by atoms with Gasteiger partial charge in [0.1, 0.15) is 11.5 Å². The van der Waals surface area contributed by atoms with Crippen LogP contribution in [0.4, 0.5) is 0 Å². The van der Waals surface area contributed by atoms with E-state index in [4.69, 9.17) is 5.11 Å². The number of hydrogen-bond donors (Lipinski definition) is 1. The van der Waals surface area contributed by atoms with Gasteiger partial charge in [0, 0.05) is 0 Å². The van der Waals surface area contributed by atoms with Crippen LogP contribution in [0.5, 0.6) is 5.75 Å². The average molecular weight is 176 g/mol. The van der Waals surface area contributed by atoms with Gasteiger partial charge in [0.15, 0.2) is 0 Å². The fraction of sp³-hybridized carbons (Fsp3) is 0.364. The Kier molecular flexibility index (Phi) is 1.65. The van der Waals surface area contributed by atoms with Crippen molar-refractivity contribution in [3.05, 3.63) is 29.8 Å². The number of carbonyl (C=O) groups excluding carboxylic acids is 1. The van der Waals surface area contributed by atoms with E-state index in [1.807, 2.05) is 12.1 Å². The van der Waals surface area contributed by atoms with Crippen LogP contribution in [-0.4, -0.2) is 10.9 Å². The maximum atomic E-state index is 11.4. The molecule has 2 heteroatoms. The van der Waals surface area contributed by atoms with Crippen molar-refractivity contribution in [3.8, 4) is 5.75 Å². The van der Waals surface area contributed by atoms with Gasteiger partial charge in [-0.1, -0.05) is 12.1 Å². The van der Waals surface area contributed by atoms with E-state index < -0.39 is 0 Å². The molecule has 1 aromatic carbocycles. The topological polar surface area (TPSA) is 37.3 Å². The van der Waals surface area contributed by atoms with Crippen LogP contribution in [0, 0.1) is 0 Å². The monoisotopic (exact) mass is 176 g/mol. The van der Waals surface area contributed by atoms with Crippen LogP contribution < -0.4 is 0 Å². The van der Waals surface area contributed by atoms with Crippen LogP contribution >= 0.6 is 0 Å². The smallest absolute Gasteiger partial charge is 0.140 e. The molecule has 0 atom stereocenters. The third-order valence-electron chi connectivity index (χ3n) is 2.84. The summed E-state index contributed by atoms with van der Waals surface area (Å²) in [6, 6.07) is 6.95. The highest BCUT2D eigenvalue weighted by Gasteiger charge is 2.48. The van der Waals surface area contributed by atoms with Gasteiger partial charge in [-0.2, -0.15) is 0 Å². The van der Waals surface area contributed by atoms with Crippen molar-refractivity contribution in [2.24, 2.45) is 0 Å². The van der Waals surface area contributed by atoms with E-state index in [2.05, 4.69) is 0 Å². The van der Waals surface area contributed by atoms with Gasteiger partial charge in [0.2, 0.25) is 0 Å². The van der Waals surface area contributed by atoms with Gasteiger partial charge in [0.05, 0.1) is 5.41 Å². The molecule has 0 aliphatic heterocycles. The zero-order chi connectivity index (χ0) is 9.47. The summed E-state index contributed by atoms with van der Waals surface area (Å²) in [5.74, 6) is 0.487. The molecule has 0 saturated heterocycles. The van der Waals surface area contributed by atoms with E-state index >= 15 is 0 Å². The molecule has 0 heterocycles. The number of Topliss-reactive ketones (excluding diaryl/α,β-unsaturated/α-hetero) is 1. The summed E-state index contributed by atoms with van der Waals surface area (Å²) < 4.78 is 0. The van der Waals surface area contributed by atoms with Gasteiger partial charge in [0.25, 0.3) is 0 Å². The molecule has 1 aromatic rings. The molecule has 2 nitrogen and oxygen atoms in total. The predicted octanol–water partition coefficient (Wildman–Crippen LogP) is 2.01. The number of hydrogen-bond acceptors (Lipinski definition) is 2. The zero-order valence-corrected chi connectivity index (χ0v) is 7.58. The second-order valence-electron chi connectivity index (χ2n) is 3.69. The molecule has 2 rings (SSSR count). The summed E-state index contributed by atoms with van der Waals surface area (Å²) in [7, 11) is 0. The normalized spacial score (nSPS) is 18.2. The summed E-state index contributed by atoms with van der Waals surface area (Å²) in [5, 5.41) is 9.10. The molecule has 0 unspecified atom stereocenters. The second-order valence-corrected chi connectivity index (χ2v) is 3.69. The number of phenolic OH excluding ortho intramolecular Hbond substituents is 1. The van der Waals surface area contributed by atoms with Gasteiger partial charge in [-0.15, -0.1) is 0 Å².